The molecule has 0 fully saturated rings. The molecule has 0 bridgehead atoms. The number of hydrogen-bond acceptors (Lipinski definition) is 2. The monoisotopic (exact) mass is 262 g/mol. The molecule has 0 spiro atoms. The molecule has 1 aliphatic rings. The number of ketones is 1. The molecule has 0 saturated heterocycles. The van der Waals surface area contributed by atoms with Gasteiger partial charge in [0.1, 0.15) is 0 Å². The van der Waals surface area contributed by atoms with E-state index in [1.807, 2.05) is 19.2 Å². The molecule has 2 rings (SSSR count). The van der Waals surface area contributed by atoms with Crippen molar-refractivity contribution in [2.24, 2.45) is 0 Å². The minimum atomic E-state index is -2.20. The predicted octanol–water partition coefficient (Wildman–Crippen LogP) is 3.34. The molecule has 0 aromatic heterocycles. The smallest absolute Gasteiger partial charge is 0.188 e. The number of carbonyl (C=O) groups is 1. The molecule has 1 aliphatic carbocycles. The van der Waals surface area contributed by atoms with E-state index in [2.05, 4.69) is 26.0 Å². The van der Waals surface area contributed by atoms with Gasteiger partial charge in [0.05, 0.1) is 0 Å². The van der Waals surface area contributed by atoms with E-state index in [4.69, 9.17) is 0 Å². The van der Waals surface area contributed by atoms with Crippen molar-refractivity contribution < 1.29 is 9.59 Å². The Balaban J connectivity index is 2.27. The molecule has 0 aliphatic heterocycles. The number of rotatable bonds is 3. The molecule has 0 heterocycles. The van der Waals surface area contributed by atoms with Gasteiger partial charge in [-0.2, -0.15) is 0 Å². The zero-order valence-corrected chi connectivity index (χ0v) is 12.7. The summed E-state index contributed by atoms with van der Waals surface area (Å²) in [6.07, 6.45) is 2.38. The highest BCUT2D eigenvalue weighted by molar-refractivity contribution is 6.72. The van der Waals surface area contributed by atoms with Crippen LogP contribution in [0.15, 0.2) is 18.2 Å². The Kier molecular flexibility index (Phi) is 3.24. The number of Topliss-reactive ketones (excluding diaryl/α,β-unsaturated/α-hetero) is 1. The van der Waals surface area contributed by atoms with Crippen molar-refractivity contribution in [1.29, 1.82) is 0 Å². The molecular weight excluding hydrogens is 240 g/mol. The number of benzene rings is 1. The largest absolute Gasteiger partial charge is 0.432 e. The molecule has 0 unspecified atom stereocenters. The van der Waals surface area contributed by atoms with E-state index in [-0.39, 0.29) is 10.8 Å². The summed E-state index contributed by atoms with van der Waals surface area (Å²) in [6, 6.07) is 6.23. The Morgan fingerprint density at radius 1 is 1.28 bits per heavy atom. The van der Waals surface area contributed by atoms with E-state index in [0.717, 1.165) is 18.4 Å². The first-order valence-electron chi connectivity index (χ1n) is 6.58. The summed E-state index contributed by atoms with van der Waals surface area (Å²) in [4.78, 5) is 22.1. The van der Waals surface area contributed by atoms with Gasteiger partial charge in [0.25, 0.3) is 0 Å². The molecule has 0 atom stereocenters. The van der Waals surface area contributed by atoms with Crippen LogP contribution < -0.4 is 0 Å². The van der Waals surface area contributed by atoms with Gasteiger partial charge in [-0.3, -0.25) is 4.79 Å². The van der Waals surface area contributed by atoms with Crippen molar-refractivity contribution in [3.05, 3.63) is 34.9 Å². The maximum absolute atomic E-state index is 11.7. The fourth-order valence-electron chi connectivity index (χ4n) is 2.32. The molecule has 0 radical (unpaired) electrons. The van der Waals surface area contributed by atoms with Gasteiger partial charge in [0, 0.05) is 12.0 Å². The van der Waals surface area contributed by atoms with Gasteiger partial charge in [-0.15, -0.1) is 0 Å². The van der Waals surface area contributed by atoms with Gasteiger partial charge >= 0.3 is 0 Å². The predicted molar refractivity (Wildman–Crippen MR) is 76.5 cm³/mol. The molecule has 98 valence electrons. The summed E-state index contributed by atoms with van der Waals surface area (Å²) >= 11 is 0. The SMILES string of the molecule is CC(C)(Cc1ccc2c(c1)C(=O)CC2)[Si](C)(C)O. The summed E-state index contributed by atoms with van der Waals surface area (Å²) in [5.74, 6) is 0.269. The Morgan fingerprint density at radius 2 is 1.94 bits per heavy atom. The minimum absolute atomic E-state index is 0.0805. The minimum Gasteiger partial charge on any atom is -0.432 e. The van der Waals surface area contributed by atoms with Crippen LogP contribution in [0.4, 0.5) is 0 Å². The van der Waals surface area contributed by atoms with Crippen molar-refractivity contribution in [2.45, 2.75) is 51.2 Å². The van der Waals surface area contributed by atoms with E-state index < -0.39 is 8.32 Å². The Labute approximate surface area is 110 Å². The maximum atomic E-state index is 11.7. The molecule has 18 heavy (non-hydrogen) atoms. The van der Waals surface area contributed by atoms with Gasteiger partial charge in [-0.05, 0) is 48.2 Å². The molecule has 2 nitrogen and oxygen atoms in total. The third kappa shape index (κ3) is 2.42. The first-order valence-corrected chi connectivity index (χ1v) is 9.53. The Hall–Kier alpha value is -0.933. The van der Waals surface area contributed by atoms with Crippen LogP contribution in [-0.2, 0) is 12.8 Å². The fraction of sp³-hybridized carbons (Fsp3) is 0.533. The normalized spacial score (nSPS) is 15.9. The van der Waals surface area contributed by atoms with E-state index in [0.29, 0.717) is 6.42 Å². The third-order valence-corrected chi connectivity index (χ3v) is 7.89. The van der Waals surface area contributed by atoms with Crippen LogP contribution in [0.2, 0.25) is 18.1 Å². The van der Waals surface area contributed by atoms with Gasteiger partial charge < -0.3 is 4.80 Å². The lowest BCUT2D eigenvalue weighted by atomic mass is 9.98. The summed E-state index contributed by atoms with van der Waals surface area (Å²) < 4.78 is 0. The van der Waals surface area contributed by atoms with Crippen LogP contribution in [0.1, 0.15) is 41.8 Å². The number of aryl methyl sites for hydroxylation is 1. The van der Waals surface area contributed by atoms with Crippen molar-refractivity contribution in [3.8, 4) is 0 Å². The lowest BCUT2D eigenvalue weighted by molar-refractivity contribution is 0.0994. The van der Waals surface area contributed by atoms with E-state index in [9.17, 15) is 9.59 Å². The molecule has 0 saturated carbocycles. The highest BCUT2D eigenvalue weighted by Gasteiger charge is 2.38. The first-order chi connectivity index (χ1) is 8.21. The number of hydrogen-bond donors (Lipinski definition) is 1. The molecular formula is C15H22O2Si. The molecule has 1 aromatic carbocycles. The van der Waals surface area contributed by atoms with Gasteiger partial charge in [0.2, 0.25) is 0 Å². The molecule has 0 amide bonds. The second-order valence-electron chi connectivity index (χ2n) is 6.53. The molecule has 3 heteroatoms. The van der Waals surface area contributed by atoms with Crippen LogP contribution in [0.25, 0.3) is 0 Å². The highest BCUT2D eigenvalue weighted by Crippen LogP contribution is 2.39. The fourth-order valence-corrected chi connectivity index (χ4v) is 2.96. The average Bonchev–Trinajstić information content (AvgIpc) is 2.58. The van der Waals surface area contributed by atoms with Crippen LogP contribution in [0.3, 0.4) is 0 Å². The Morgan fingerprint density at radius 3 is 2.56 bits per heavy atom. The molecule has 1 aromatic rings. The van der Waals surface area contributed by atoms with Crippen LogP contribution in [0, 0.1) is 0 Å². The second-order valence-corrected chi connectivity index (χ2v) is 11.0. The number of carbonyl (C=O) groups excluding carboxylic acids is 1. The van der Waals surface area contributed by atoms with Crippen molar-refractivity contribution in [1.82, 2.24) is 0 Å². The topological polar surface area (TPSA) is 37.3 Å². The van der Waals surface area contributed by atoms with Crippen molar-refractivity contribution in [2.75, 3.05) is 0 Å². The van der Waals surface area contributed by atoms with Crippen molar-refractivity contribution >= 4 is 14.1 Å². The van der Waals surface area contributed by atoms with Crippen molar-refractivity contribution in [3.63, 3.8) is 0 Å². The summed E-state index contributed by atoms with van der Waals surface area (Å²) in [5, 5.41) is -0.0805. The zero-order valence-electron chi connectivity index (χ0n) is 11.7. The van der Waals surface area contributed by atoms with E-state index >= 15 is 0 Å². The van der Waals surface area contributed by atoms with Gasteiger partial charge in [-0.25, -0.2) is 0 Å². The van der Waals surface area contributed by atoms with Crippen LogP contribution in [0.5, 0.6) is 0 Å². The quantitative estimate of drug-likeness (QED) is 0.848. The van der Waals surface area contributed by atoms with Gasteiger partial charge in [-0.1, -0.05) is 26.0 Å². The lowest BCUT2D eigenvalue weighted by Gasteiger charge is -2.35. The summed E-state index contributed by atoms with van der Waals surface area (Å²) in [6.45, 7) is 8.19. The summed E-state index contributed by atoms with van der Waals surface area (Å²) in [7, 11) is -2.20. The third-order valence-electron chi connectivity index (χ3n) is 4.40. The van der Waals surface area contributed by atoms with Gasteiger partial charge in [0.15, 0.2) is 14.1 Å². The molecule has 1 N–H and O–H groups in total. The second kappa shape index (κ2) is 4.32. The van der Waals surface area contributed by atoms with E-state index in [1.54, 1.807) is 0 Å². The number of fused-ring (bicyclic) bond motifs is 1. The highest BCUT2D eigenvalue weighted by atomic mass is 28.4. The summed E-state index contributed by atoms with van der Waals surface area (Å²) in [5.41, 5.74) is 3.26. The van der Waals surface area contributed by atoms with E-state index in [1.165, 1.54) is 11.1 Å². The maximum Gasteiger partial charge on any atom is 0.188 e. The average molecular weight is 262 g/mol. The standard InChI is InChI=1S/C15H22O2Si/c1-15(2,18(3,4)17)10-11-5-6-12-7-8-14(16)13(12)9-11/h5-6,9,17H,7-8,10H2,1-4H3. The first kappa shape index (κ1) is 13.5. The van der Waals surface area contributed by atoms with Crippen LogP contribution >= 0.6 is 0 Å². The zero-order chi connectivity index (χ0) is 13.6. The van der Waals surface area contributed by atoms with Crippen LogP contribution in [-0.4, -0.2) is 18.9 Å². The Bertz CT molecular complexity index is 484. The lowest BCUT2D eigenvalue weighted by Crippen LogP contribution is -2.40.